The first kappa shape index (κ1) is 36.0. The summed E-state index contributed by atoms with van der Waals surface area (Å²) in [7, 11) is -1.49. The van der Waals surface area contributed by atoms with Crippen LogP contribution in [-0.4, -0.2) is 58.0 Å². The highest BCUT2D eigenvalue weighted by molar-refractivity contribution is 7.92. The molecule has 0 radical (unpaired) electrons. The number of rotatable bonds is 14. The zero-order valence-electron chi connectivity index (χ0n) is 27.4. The Bertz CT molecular complexity index is 1830. The summed E-state index contributed by atoms with van der Waals surface area (Å²) in [5.41, 5.74) is 1.53. The molecule has 258 valence electrons. The second kappa shape index (κ2) is 16.4. The number of sulfonamides is 1. The number of ether oxygens (including phenoxy) is 2. The Labute approximate surface area is 297 Å². The lowest BCUT2D eigenvalue weighted by Crippen LogP contribution is -2.54. The van der Waals surface area contributed by atoms with Crippen LogP contribution in [0.2, 0.25) is 10.0 Å². The maximum absolute atomic E-state index is 14.7. The standard InChI is InChI=1S/C37H39Cl2N3O6S/c1-47-34-21-20-29(23-35(34)48-2)49(45,46)42(28-16-7-4-8-17-28)25-36(43)41(24-30-31(38)18-11-19-32(30)39)33(22-26-12-5-3-6-13-26)37(44)40-27-14-9-10-15-27/h3-8,11-13,16-21,23,27,33H,9-10,14-15,22,24-25H2,1-2H3,(H,40,44)/t33-/m1/s1. The van der Waals surface area contributed by atoms with E-state index in [1.807, 2.05) is 30.3 Å². The van der Waals surface area contributed by atoms with Crippen molar-refractivity contribution in [2.45, 2.75) is 55.6 Å². The molecule has 12 heteroatoms. The lowest BCUT2D eigenvalue weighted by atomic mass is 10.0. The minimum Gasteiger partial charge on any atom is -0.493 e. The molecule has 4 aromatic rings. The van der Waals surface area contributed by atoms with Crippen LogP contribution in [0.4, 0.5) is 5.69 Å². The van der Waals surface area contributed by atoms with E-state index >= 15 is 0 Å². The third-order valence-corrected chi connectivity index (χ3v) is 11.1. The van der Waals surface area contributed by atoms with Crippen molar-refractivity contribution in [3.63, 3.8) is 0 Å². The minimum absolute atomic E-state index is 0.0159. The van der Waals surface area contributed by atoms with Crippen LogP contribution in [0.15, 0.2) is 102 Å². The summed E-state index contributed by atoms with van der Waals surface area (Å²) in [6.07, 6.45) is 3.89. The van der Waals surface area contributed by atoms with Crippen molar-refractivity contribution in [2.75, 3.05) is 25.1 Å². The lowest BCUT2D eigenvalue weighted by Gasteiger charge is -2.34. The number of hydrogen-bond acceptors (Lipinski definition) is 6. The Kier molecular flexibility index (Phi) is 12.1. The predicted molar refractivity (Wildman–Crippen MR) is 192 cm³/mol. The third-order valence-electron chi connectivity index (χ3n) is 8.63. The highest BCUT2D eigenvalue weighted by Crippen LogP contribution is 2.33. The van der Waals surface area contributed by atoms with Crippen molar-refractivity contribution in [1.29, 1.82) is 0 Å². The third kappa shape index (κ3) is 8.68. The fraction of sp³-hybridized carbons (Fsp3) is 0.297. The van der Waals surface area contributed by atoms with E-state index in [4.69, 9.17) is 32.7 Å². The molecule has 0 saturated heterocycles. The summed E-state index contributed by atoms with van der Waals surface area (Å²) in [5.74, 6) is -0.388. The van der Waals surface area contributed by atoms with Gasteiger partial charge in [-0.3, -0.25) is 13.9 Å². The Balaban J connectivity index is 1.59. The number of carbonyl (C=O) groups is 2. The van der Waals surface area contributed by atoms with Crippen molar-refractivity contribution < 1.29 is 27.5 Å². The van der Waals surface area contributed by atoms with E-state index in [9.17, 15) is 18.0 Å². The van der Waals surface area contributed by atoms with Crippen LogP contribution in [0.5, 0.6) is 11.5 Å². The highest BCUT2D eigenvalue weighted by atomic mass is 35.5. The molecular formula is C37H39Cl2N3O6S. The van der Waals surface area contributed by atoms with Gasteiger partial charge in [-0.05, 0) is 54.8 Å². The first-order chi connectivity index (χ1) is 23.6. The van der Waals surface area contributed by atoms with Gasteiger partial charge in [-0.15, -0.1) is 0 Å². The van der Waals surface area contributed by atoms with Crippen LogP contribution < -0.4 is 19.1 Å². The van der Waals surface area contributed by atoms with E-state index in [0.717, 1.165) is 35.6 Å². The average Bonchev–Trinajstić information content (AvgIpc) is 3.63. The first-order valence-electron chi connectivity index (χ1n) is 16.0. The average molecular weight is 725 g/mol. The van der Waals surface area contributed by atoms with Crippen LogP contribution in [0, 0.1) is 0 Å². The van der Waals surface area contributed by atoms with E-state index in [1.165, 1.54) is 37.3 Å². The SMILES string of the molecule is COc1ccc(S(=O)(=O)N(CC(=O)N(Cc2c(Cl)cccc2Cl)[C@H](Cc2ccccc2)C(=O)NC2CCCC2)c2ccccc2)cc1OC. The summed E-state index contributed by atoms with van der Waals surface area (Å²) in [5, 5.41) is 3.79. The number of benzene rings is 4. The molecule has 1 atom stereocenters. The molecule has 1 saturated carbocycles. The highest BCUT2D eigenvalue weighted by Gasteiger charge is 2.36. The number of nitrogens with zero attached hydrogens (tertiary/aromatic N) is 2. The van der Waals surface area contributed by atoms with Gasteiger partial charge < -0.3 is 19.7 Å². The summed E-state index contributed by atoms with van der Waals surface area (Å²) in [6.45, 7) is -0.753. The topological polar surface area (TPSA) is 105 Å². The van der Waals surface area contributed by atoms with Crippen molar-refractivity contribution in [3.8, 4) is 11.5 Å². The van der Waals surface area contributed by atoms with Crippen LogP contribution in [0.3, 0.4) is 0 Å². The van der Waals surface area contributed by atoms with E-state index in [0.29, 0.717) is 21.4 Å². The number of anilines is 1. The number of halogens is 2. The molecule has 5 rings (SSSR count). The predicted octanol–water partition coefficient (Wildman–Crippen LogP) is 6.90. The number of methoxy groups -OCH3 is 2. The van der Waals surface area contributed by atoms with Crippen molar-refractivity contribution in [3.05, 3.63) is 118 Å². The number of nitrogens with one attached hydrogen (secondary N) is 1. The number of carbonyl (C=O) groups excluding carboxylic acids is 2. The quantitative estimate of drug-likeness (QED) is 0.152. The molecule has 4 aromatic carbocycles. The van der Waals surface area contributed by atoms with E-state index in [2.05, 4.69) is 5.32 Å². The molecule has 0 aromatic heterocycles. The van der Waals surface area contributed by atoms with Gasteiger partial charge in [-0.2, -0.15) is 0 Å². The largest absolute Gasteiger partial charge is 0.493 e. The molecule has 1 aliphatic carbocycles. The van der Waals surface area contributed by atoms with Gasteiger partial charge in [-0.1, -0.05) is 90.6 Å². The number of para-hydroxylation sites is 1. The van der Waals surface area contributed by atoms with Gasteiger partial charge >= 0.3 is 0 Å². The van der Waals surface area contributed by atoms with Crippen molar-refractivity contribution in [2.24, 2.45) is 0 Å². The Hall–Kier alpha value is -4.25. The van der Waals surface area contributed by atoms with Crippen LogP contribution >= 0.6 is 23.2 Å². The number of amides is 2. The zero-order chi connectivity index (χ0) is 35.0. The second-order valence-corrected chi connectivity index (χ2v) is 14.5. The zero-order valence-corrected chi connectivity index (χ0v) is 29.7. The van der Waals surface area contributed by atoms with Gasteiger partial charge in [0.1, 0.15) is 12.6 Å². The van der Waals surface area contributed by atoms with Gasteiger partial charge in [0.15, 0.2) is 11.5 Å². The normalized spacial score (nSPS) is 13.8. The molecule has 0 unspecified atom stereocenters. The number of hydrogen-bond donors (Lipinski definition) is 1. The molecule has 0 spiro atoms. The molecule has 49 heavy (non-hydrogen) atoms. The van der Waals surface area contributed by atoms with Crippen molar-refractivity contribution >= 4 is 50.7 Å². The van der Waals surface area contributed by atoms with Gasteiger partial charge in [0.2, 0.25) is 11.8 Å². The van der Waals surface area contributed by atoms with Gasteiger partial charge in [0.25, 0.3) is 10.0 Å². The van der Waals surface area contributed by atoms with Crippen LogP contribution in [-0.2, 0) is 32.6 Å². The smallest absolute Gasteiger partial charge is 0.264 e. The summed E-state index contributed by atoms with van der Waals surface area (Å²) >= 11 is 13.2. The molecule has 2 amide bonds. The summed E-state index contributed by atoms with van der Waals surface area (Å²) < 4.78 is 40.5. The minimum atomic E-state index is -4.36. The van der Waals surface area contributed by atoms with E-state index in [-0.39, 0.29) is 41.2 Å². The summed E-state index contributed by atoms with van der Waals surface area (Å²) in [6, 6.07) is 25.9. The summed E-state index contributed by atoms with van der Waals surface area (Å²) in [4.78, 5) is 30.2. The first-order valence-corrected chi connectivity index (χ1v) is 18.2. The second-order valence-electron chi connectivity index (χ2n) is 11.8. The van der Waals surface area contributed by atoms with Crippen LogP contribution in [0.25, 0.3) is 0 Å². The Morgan fingerprint density at radius 2 is 1.45 bits per heavy atom. The molecule has 0 bridgehead atoms. The molecule has 0 aliphatic heterocycles. The van der Waals surface area contributed by atoms with Gasteiger partial charge in [0.05, 0.1) is 24.8 Å². The van der Waals surface area contributed by atoms with Gasteiger partial charge in [-0.25, -0.2) is 8.42 Å². The van der Waals surface area contributed by atoms with Crippen LogP contribution in [0.1, 0.15) is 36.8 Å². The van der Waals surface area contributed by atoms with Crippen molar-refractivity contribution in [1.82, 2.24) is 10.2 Å². The fourth-order valence-electron chi connectivity index (χ4n) is 6.00. The fourth-order valence-corrected chi connectivity index (χ4v) is 7.95. The Morgan fingerprint density at radius 1 is 0.837 bits per heavy atom. The molecule has 9 nitrogen and oxygen atoms in total. The van der Waals surface area contributed by atoms with Gasteiger partial charge in [0, 0.05) is 40.7 Å². The maximum Gasteiger partial charge on any atom is 0.264 e. The lowest BCUT2D eigenvalue weighted by molar-refractivity contribution is -0.140. The molecule has 1 fully saturated rings. The Morgan fingerprint density at radius 3 is 2.06 bits per heavy atom. The molecule has 0 heterocycles. The van der Waals surface area contributed by atoms with E-state index in [1.54, 1.807) is 48.5 Å². The molecule has 1 aliphatic rings. The molecule has 1 N–H and O–H groups in total. The molecular weight excluding hydrogens is 685 g/mol. The van der Waals surface area contributed by atoms with E-state index < -0.39 is 28.5 Å². The monoisotopic (exact) mass is 723 g/mol. The maximum atomic E-state index is 14.7.